The Labute approximate surface area is 116 Å². The maximum Gasteiger partial charge on any atom is 0.123 e. The second kappa shape index (κ2) is 8.77. The lowest BCUT2D eigenvalue weighted by Gasteiger charge is -2.22. The second-order valence-electron chi connectivity index (χ2n) is 4.65. The monoisotopic (exact) mass is 266 g/mol. The minimum absolute atomic E-state index is 0.177. The highest BCUT2D eigenvalue weighted by molar-refractivity contribution is 5.47. The predicted molar refractivity (Wildman–Crippen MR) is 79.3 cm³/mol. The van der Waals surface area contributed by atoms with Crippen molar-refractivity contribution < 1.29 is 9.84 Å². The molecule has 1 rings (SSSR count). The number of rotatable bonds is 9. The van der Waals surface area contributed by atoms with E-state index in [4.69, 9.17) is 15.6 Å². The van der Waals surface area contributed by atoms with Crippen molar-refractivity contribution in [3.8, 4) is 5.75 Å². The number of benzene rings is 1. The summed E-state index contributed by atoms with van der Waals surface area (Å²) in [5.74, 6) is 0.885. The number of ether oxygens (including phenoxy) is 1. The van der Waals surface area contributed by atoms with Gasteiger partial charge in [-0.2, -0.15) is 0 Å². The van der Waals surface area contributed by atoms with Gasteiger partial charge in [-0.15, -0.1) is 0 Å². The Morgan fingerprint density at radius 2 is 2.05 bits per heavy atom. The van der Waals surface area contributed by atoms with E-state index in [-0.39, 0.29) is 6.61 Å². The topological polar surface area (TPSA) is 58.7 Å². The summed E-state index contributed by atoms with van der Waals surface area (Å²) in [5, 5.41) is 9.14. The van der Waals surface area contributed by atoms with Crippen LogP contribution in [0.1, 0.15) is 32.3 Å². The first-order chi connectivity index (χ1) is 9.21. The molecule has 0 aliphatic rings. The molecule has 0 amide bonds. The van der Waals surface area contributed by atoms with Crippen molar-refractivity contribution >= 4 is 5.69 Å². The molecule has 0 atom stereocenters. The summed E-state index contributed by atoms with van der Waals surface area (Å²) in [5.41, 5.74) is 7.69. The first-order valence-electron chi connectivity index (χ1n) is 7.05. The Bertz CT molecular complexity index is 369. The quantitative estimate of drug-likeness (QED) is 0.673. The number of anilines is 1. The van der Waals surface area contributed by atoms with Crippen molar-refractivity contribution in [1.82, 2.24) is 4.90 Å². The lowest BCUT2D eigenvalue weighted by atomic mass is 10.1. The smallest absolute Gasteiger partial charge is 0.123 e. The van der Waals surface area contributed by atoms with Gasteiger partial charge >= 0.3 is 0 Å². The maximum atomic E-state index is 9.14. The Hall–Kier alpha value is -1.26. The van der Waals surface area contributed by atoms with Crippen LogP contribution < -0.4 is 10.5 Å². The molecule has 0 saturated carbocycles. The predicted octanol–water partition coefficient (Wildman–Crippen LogP) is 2.26. The largest absolute Gasteiger partial charge is 0.494 e. The molecule has 0 heterocycles. The molecular formula is C15H26N2O2. The van der Waals surface area contributed by atoms with Crippen molar-refractivity contribution in [2.45, 2.75) is 33.2 Å². The zero-order valence-electron chi connectivity index (χ0n) is 12.1. The van der Waals surface area contributed by atoms with Gasteiger partial charge in [-0.3, -0.25) is 4.90 Å². The van der Waals surface area contributed by atoms with Crippen LogP contribution in [0.4, 0.5) is 5.69 Å². The highest BCUT2D eigenvalue weighted by Gasteiger charge is 2.10. The number of nitrogen functional groups attached to an aromatic ring is 1. The summed E-state index contributed by atoms with van der Waals surface area (Å²) in [6.07, 6.45) is 2.28. The zero-order chi connectivity index (χ0) is 14.1. The van der Waals surface area contributed by atoms with Gasteiger partial charge in [0.15, 0.2) is 0 Å². The Balaban J connectivity index is 2.77. The molecule has 0 fully saturated rings. The highest BCUT2D eigenvalue weighted by Crippen LogP contribution is 2.23. The molecule has 3 N–H and O–H groups in total. The Morgan fingerprint density at radius 3 is 2.68 bits per heavy atom. The zero-order valence-corrected chi connectivity index (χ0v) is 12.1. The van der Waals surface area contributed by atoms with Gasteiger partial charge < -0.3 is 15.6 Å². The number of unbranched alkanes of at least 4 members (excludes halogenated alkanes) is 1. The van der Waals surface area contributed by atoms with Crippen LogP contribution in [-0.4, -0.2) is 36.3 Å². The number of hydrogen-bond acceptors (Lipinski definition) is 4. The Morgan fingerprint density at radius 1 is 1.26 bits per heavy atom. The van der Waals surface area contributed by atoms with E-state index in [1.807, 2.05) is 25.1 Å². The molecule has 1 aromatic carbocycles. The molecule has 108 valence electrons. The van der Waals surface area contributed by atoms with E-state index in [0.29, 0.717) is 13.2 Å². The fourth-order valence-corrected chi connectivity index (χ4v) is 2.05. The molecule has 0 bridgehead atoms. The van der Waals surface area contributed by atoms with Gasteiger partial charge in [0.05, 0.1) is 13.2 Å². The summed E-state index contributed by atoms with van der Waals surface area (Å²) in [6.45, 7) is 7.40. The van der Waals surface area contributed by atoms with Gasteiger partial charge in [0.2, 0.25) is 0 Å². The van der Waals surface area contributed by atoms with Crippen molar-refractivity contribution in [1.29, 1.82) is 0 Å². The van der Waals surface area contributed by atoms with Crippen molar-refractivity contribution in [2.24, 2.45) is 0 Å². The average molecular weight is 266 g/mol. The van der Waals surface area contributed by atoms with Crippen LogP contribution in [-0.2, 0) is 6.54 Å². The van der Waals surface area contributed by atoms with Gasteiger partial charge in [-0.1, -0.05) is 13.3 Å². The summed E-state index contributed by atoms with van der Waals surface area (Å²) in [4.78, 5) is 2.24. The summed E-state index contributed by atoms with van der Waals surface area (Å²) in [6, 6.07) is 5.74. The molecule has 0 aromatic heterocycles. The molecule has 19 heavy (non-hydrogen) atoms. The van der Waals surface area contributed by atoms with Crippen molar-refractivity contribution in [3.05, 3.63) is 23.8 Å². The van der Waals surface area contributed by atoms with Crippen LogP contribution >= 0.6 is 0 Å². The molecule has 4 heteroatoms. The normalized spacial score (nSPS) is 10.9. The van der Waals surface area contributed by atoms with E-state index < -0.39 is 0 Å². The van der Waals surface area contributed by atoms with E-state index in [2.05, 4.69) is 11.8 Å². The molecule has 0 aliphatic heterocycles. The first-order valence-corrected chi connectivity index (χ1v) is 7.05. The summed E-state index contributed by atoms with van der Waals surface area (Å²) < 4.78 is 5.63. The molecule has 4 nitrogen and oxygen atoms in total. The molecule has 1 aromatic rings. The second-order valence-corrected chi connectivity index (χ2v) is 4.65. The van der Waals surface area contributed by atoms with Crippen molar-refractivity contribution in [2.75, 3.05) is 32.0 Å². The van der Waals surface area contributed by atoms with Gasteiger partial charge in [0.25, 0.3) is 0 Å². The fourth-order valence-electron chi connectivity index (χ4n) is 2.05. The minimum atomic E-state index is 0.177. The Kier molecular flexibility index (Phi) is 7.30. The SMILES string of the molecule is CCCCN(CCO)Cc1cc(N)ccc1OCC. The van der Waals surface area contributed by atoms with E-state index >= 15 is 0 Å². The third-order valence-electron chi connectivity index (χ3n) is 3.02. The van der Waals surface area contributed by atoms with Crippen LogP contribution in [0.15, 0.2) is 18.2 Å². The average Bonchev–Trinajstić information content (AvgIpc) is 2.39. The molecule has 0 spiro atoms. The number of nitrogens with two attached hydrogens (primary N) is 1. The molecular weight excluding hydrogens is 240 g/mol. The first kappa shape index (κ1) is 15.8. The van der Waals surface area contributed by atoms with Gasteiger partial charge in [0.1, 0.15) is 5.75 Å². The van der Waals surface area contributed by atoms with Crippen LogP contribution in [0.2, 0.25) is 0 Å². The third kappa shape index (κ3) is 5.49. The molecule has 0 aliphatic carbocycles. The lowest BCUT2D eigenvalue weighted by molar-refractivity contribution is 0.186. The number of aliphatic hydroxyl groups excluding tert-OH is 1. The molecule has 0 radical (unpaired) electrons. The van der Waals surface area contributed by atoms with Crippen LogP contribution in [0.3, 0.4) is 0 Å². The van der Waals surface area contributed by atoms with Gasteiger partial charge in [-0.05, 0) is 38.1 Å². The fraction of sp³-hybridized carbons (Fsp3) is 0.600. The van der Waals surface area contributed by atoms with Gasteiger partial charge in [0, 0.05) is 24.3 Å². The summed E-state index contributed by atoms with van der Waals surface area (Å²) in [7, 11) is 0. The van der Waals surface area contributed by atoms with Crippen LogP contribution in [0.25, 0.3) is 0 Å². The highest BCUT2D eigenvalue weighted by atomic mass is 16.5. The van der Waals surface area contributed by atoms with E-state index in [1.54, 1.807) is 0 Å². The minimum Gasteiger partial charge on any atom is -0.494 e. The van der Waals surface area contributed by atoms with E-state index in [9.17, 15) is 0 Å². The molecule has 0 unspecified atom stereocenters. The number of hydrogen-bond donors (Lipinski definition) is 2. The lowest BCUT2D eigenvalue weighted by Crippen LogP contribution is -2.27. The number of aliphatic hydroxyl groups is 1. The van der Waals surface area contributed by atoms with Gasteiger partial charge in [-0.25, -0.2) is 0 Å². The van der Waals surface area contributed by atoms with E-state index in [1.165, 1.54) is 0 Å². The summed E-state index contributed by atoms with van der Waals surface area (Å²) >= 11 is 0. The van der Waals surface area contributed by atoms with Crippen LogP contribution in [0.5, 0.6) is 5.75 Å². The van der Waals surface area contributed by atoms with E-state index in [0.717, 1.165) is 42.9 Å². The number of nitrogens with zero attached hydrogens (tertiary/aromatic N) is 1. The van der Waals surface area contributed by atoms with Crippen LogP contribution in [0, 0.1) is 0 Å². The maximum absolute atomic E-state index is 9.14. The standard InChI is InChI=1S/C15H26N2O2/c1-3-5-8-17(9-10-18)12-13-11-14(16)6-7-15(13)19-4-2/h6-7,11,18H,3-5,8-10,12,16H2,1-2H3. The molecule has 0 saturated heterocycles. The van der Waals surface area contributed by atoms with Crippen molar-refractivity contribution in [3.63, 3.8) is 0 Å². The third-order valence-corrected chi connectivity index (χ3v) is 3.02.